The predicted molar refractivity (Wildman–Crippen MR) is 149 cm³/mol. The van der Waals surface area contributed by atoms with Crippen LogP contribution >= 0.6 is 0 Å². The molecule has 198 valence electrons. The number of nitrogens with one attached hydrogen (secondary N) is 2. The summed E-state index contributed by atoms with van der Waals surface area (Å²) in [5, 5.41) is 19.7. The summed E-state index contributed by atoms with van der Waals surface area (Å²) in [6.07, 6.45) is 0.796. The first-order chi connectivity index (χ1) is 19.1. The van der Waals surface area contributed by atoms with Crippen LogP contribution in [0.4, 0.5) is 14.5 Å². The normalized spacial score (nSPS) is 18.4. The van der Waals surface area contributed by atoms with Crippen LogP contribution in [-0.4, -0.2) is 40.3 Å². The smallest absolute Gasteiger partial charge is 0.204 e. The number of benzene rings is 4. The second kappa shape index (κ2) is 10.9. The molecule has 2 N–H and O–H groups in total. The van der Waals surface area contributed by atoms with E-state index in [1.165, 1.54) is 34.0 Å². The zero-order valence-corrected chi connectivity index (χ0v) is 21.7. The van der Waals surface area contributed by atoms with Gasteiger partial charge in [0.2, 0.25) is 5.82 Å². The van der Waals surface area contributed by atoms with Crippen LogP contribution < -0.4 is 10.2 Å². The second-order valence-electron chi connectivity index (χ2n) is 10.2. The van der Waals surface area contributed by atoms with Crippen molar-refractivity contribution in [1.82, 2.24) is 25.9 Å². The summed E-state index contributed by atoms with van der Waals surface area (Å²) in [6.45, 7) is 3.98. The Balaban J connectivity index is 1.26. The van der Waals surface area contributed by atoms with Crippen molar-refractivity contribution in [1.29, 1.82) is 0 Å². The van der Waals surface area contributed by atoms with Gasteiger partial charge in [0.25, 0.3) is 0 Å². The van der Waals surface area contributed by atoms with Gasteiger partial charge in [-0.3, -0.25) is 0 Å². The summed E-state index contributed by atoms with van der Waals surface area (Å²) in [5.74, 6) is -0.659. The maximum Gasteiger partial charge on any atom is 0.204 e. The van der Waals surface area contributed by atoms with Crippen LogP contribution in [0.15, 0.2) is 84.9 Å². The van der Waals surface area contributed by atoms with Crippen molar-refractivity contribution >= 4 is 16.5 Å². The molecule has 6 nitrogen and oxygen atoms in total. The first-order valence-corrected chi connectivity index (χ1v) is 13.3. The number of anilines is 1. The molecule has 1 fully saturated rings. The van der Waals surface area contributed by atoms with Gasteiger partial charge < -0.3 is 10.2 Å². The van der Waals surface area contributed by atoms with Crippen molar-refractivity contribution in [2.75, 3.05) is 24.5 Å². The first kappa shape index (κ1) is 25.1. The van der Waals surface area contributed by atoms with Crippen LogP contribution in [0.3, 0.4) is 0 Å². The number of hydrogen-bond acceptors (Lipinski definition) is 5. The molecule has 3 atom stereocenters. The second-order valence-corrected chi connectivity index (χ2v) is 10.2. The van der Waals surface area contributed by atoms with Gasteiger partial charge in [-0.15, -0.1) is 10.2 Å². The highest BCUT2D eigenvalue weighted by molar-refractivity contribution is 5.86. The first-order valence-electron chi connectivity index (χ1n) is 13.3. The Kier molecular flexibility index (Phi) is 7.02. The molecule has 0 spiro atoms. The summed E-state index contributed by atoms with van der Waals surface area (Å²) in [4.78, 5) is 1.85. The number of aromatic amines is 1. The van der Waals surface area contributed by atoms with Crippen molar-refractivity contribution in [3.8, 4) is 11.4 Å². The topological polar surface area (TPSA) is 69.7 Å². The Hall–Kier alpha value is -4.17. The van der Waals surface area contributed by atoms with E-state index in [4.69, 9.17) is 0 Å². The fraction of sp³-hybridized carbons (Fsp3) is 0.258. The van der Waals surface area contributed by atoms with Gasteiger partial charge in [-0.05, 0) is 64.4 Å². The van der Waals surface area contributed by atoms with E-state index in [2.05, 4.69) is 99.6 Å². The molecule has 0 bridgehead atoms. The van der Waals surface area contributed by atoms with Crippen molar-refractivity contribution in [3.63, 3.8) is 0 Å². The van der Waals surface area contributed by atoms with Crippen LogP contribution in [0.5, 0.6) is 0 Å². The average Bonchev–Trinajstić information content (AvgIpc) is 3.51. The average molecular weight is 525 g/mol. The fourth-order valence-corrected chi connectivity index (χ4v) is 5.93. The molecule has 3 unspecified atom stereocenters. The number of rotatable bonds is 7. The highest BCUT2D eigenvalue weighted by Gasteiger charge is 2.33. The van der Waals surface area contributed by atoms with Gasteiger partial charge in [0.05, 0.1) is 0 Å². The number of H-pyrrole nitrogens is 1. The minimum atomic E-state index is -0.621. The van der Waals surface area contributed by atoms with Gasteiger partial charge in [0.15, 0.2) is 0 Å². The number of nitrogens with zero attached hydrogens (tertiary/aromatic N) is 4. The number of halogens is 2. The van der Waals surface area contributed by atoms with Gasteiger partial charge >= 0.3 is 0 Å². The molecule has 6 rings (SSSR count). The minimum Gasteiger partial charge on any atom is -0.366 e. The predicted octanol–water partition coefficient (Wildman–Crippen LogP) is 6.26. The third-order valence-corrected chi connectivity index (χ3v) is 7.87. The molecule has 39 heavy (non-hydrogen) atoms. The van der Waals surface area contributed by atoms with E-state index >= 15 is 8.78 Å². The Morgan fingerprint density at radius 1 is 0.974 bits per heavy atom. The third kappa shape index (κ3) is 5.12. The number of hydrogen-bond donors (Lipinski definition) is 2. The molecule has 5 aromatic rings. The van der Waals surface area contributed by atoms with Gasteiger partial charge in [-0.2, -0.15) is 5.21 Å². The van der Waals surface area contributed by atoms with Gasteiger partial charge in [0, 0.05) is 31.2 Å². The fourth-order valence-electron chi connectivity index (χ4n) is 5.93. The maximum absolute atomic E-state index is 15.3. The van der Waals surface area contributed by atoms with Crippen LogP contribution in [-0.2, 0) is 0 Å². The number of fused-ring (bicyclic) bond motifs is 1. The lowest BCUT2D eigenvalue weighted by Crippen LogP contribution is -2.44. The lowest BCUT2D eigenvalue weighted by Gasteiger charge is -2.41. The molecule has 0 aliphatic carbocycles. The van der Waals surface area contributed by atoms with Crippen molar-refractivity contribution in [2.45, 2.75) is 25.3 Å². The molecule has 0 amide bonds. The molecule has 4 aromatic carbocycles. The number of tetrazole rings is 1. The lowest BCUT2D eigenvalue weighted by molar-refractivity contribution is 0.327. The van der Waals surface area contributed by atoms with E-state index in [9.17, 15) is 0 Å². The molecule has 1 saturated heterocycles. The summed E-state index contributed by atoms with van der Waals surface area (Å²) in [6, 6.07) is 27.9. The standard InChI is InChI=1S/C31H30F2N6/c1-20(25-13-7-11-22-10-5-6-12-27(22)25)34-18-24-19-39(15-14-26(24)21-8-3-2-4-9-21)30-28(32)16-23(17-29(30)33)31-35-37-38-36-31/h2-13,16-17,20,24,26,34H,14-15,18-19H2,1H3,(H,35,36,37,38). The van der Waals surface area contributed by atoms with Gasteiger partial charge in [-0.25, -0.2) is 8.78 Å². The van der Waals surface area contributed by atoms with Gasteiger partial charge in [0.1, 0.15) is 17.3 Å². The third-order valence-electron chi connectivity index (χ3n) is 7.87. The number of piperidine rings is 1. The summed E-state index contributed by atoms with van der Waals surface area (Å²) >= 11 is 0. The summed E-state index contributed by atoms with van der Waals surface area (Å²) in [7, 11) is 0. The molecular formula is C31H30F2N6. The van der Waals surface area contributed by atoms with Gasteiger partial charge in [-0.1, -0.05) is 72.8 Å². The Morgan fingerprint density at radius 2 is 1.72 bits per heavy atom. The van der Waals surface area contributed by atoms with E-state index in [0.29, 0.717) is 19.6 Å². The van der Waals surface area contributed by atoms with Crippen molar-refractivity contribution in [3.05, 3.63) is 108 Å². The van der Waals surface area contributed by atoms with E-state index in [0.717, 1.165) is 6.42 Å². The molecule has 1 aromatic heterocycles. The van der Waals surface area contributed by atoms with E-state index in [1.807, 2.05) is 11.0 Å². The molecule has 0 radical (unpaired) electrons. The van der Waals surface area contributed by atoms with E-state index < -0.39 is 11.6 Å². The largest absolute Gasteiger partial charge is 0.366 e. The molecule has 2 heterocycles. The Bertz CT molecular complexity index is 1530. The molecular weight excluding hydrogens is 494 g/mol. The summed E-state index contributed by atoms with van der Waals surface area (Å²) < 4.78 is 30.7. The molecule has 1 aliphatic rings. The molecule has 8 heteroatoms. The van der Waals surface area contributed by atoms with Crippen molar-refractivity contribution < 1.29 is 8.78 Å². The highest BCUT2D eigenvalue weighted by atomic mass is 19.1. The SMILES string of the molecule is CC(NCC1CN(c2c(F)cc(-c3nn[nH]n3)cc2F)CCC1c1ccccc1)c1cccc2ccccc12. The zero-order valence-electron chi connectivity index (χ0n) is 21.7. The van der Waals surface area contributed by atoms with Crippen molar-refractivity contribution in [2.24, 2.45) is 5.92 Å². The Labute approximate surface area is 226 Å². The number of aromatic nitrogens is 4. The van der Waals surface area contributed by atoms with Crippen LogP contribution in [0.25, 0.3) is 22.2 Å². The molecule has 0 saturated carbocycles. The Morgan fingerprint density at radius 3 is 2.49 bits per heavy atom. The lowest BCUT2D eigenvalue weighted by atomic mass is 9.80. The van der Waals surface area contributed by atoms with E-state index in [-0.39, 0.29) is 35.0 Å². The van der Waals surface area contributed by atoms with Crippen LogP contribution in [0, 0.1) is 17.6 Å². The van der Waals surface area contributed by atoms with E-state index in [1.54, 1.807) is 0 Å². The monoisotopic (exact) mass is 524 g/mol. The minimum absolute atomic E-state index is 0.000795. The molecule has 1 aliphatic heterocycles. The highest BCUT2D eigenvalue weighted by Crippen LogP contribution is 2.38. The maximum atomic E-state index is 15.3. The summed E-state index contributed by atoms with van der Waals surface area (Å²) in [5.41, 5.74) is 2.76. The van der Waals surface area contributed by atoms with Crippen LogP contribution in [0.1, 0.15) is 36.4 Å². The zero-order chi connectivity index (χ0) is 26.8. The van der Waals surface area contributed by atoms with Crippen LogP contribution in [0.2, 0.25) is 0 Å². The quantitative estimate of drug-likeness (QED) is 0.263.